The van der Waals surface area contributed by atoms with Crippen molar-refractivity contribution >= 4 is 11.6 Å². The lowest BCUT2D eigenvalue weighted by Gasteiger charge is -2.23. The van der Waals surface area contributed by atoms with Gasteiger partial charge in [-0.3, -0.25) is 4.79 Å². The molecular weight excluding hydrogens is 366 g/mol. The molecule has 0 unspecified atom stereocenters. The van der Waals surface area contributed by atoms with E-state index in [0.29, 0.717) is 23.6 Å². The van der Waals surface area contributed by atoms with Gasteiger partial charge in [-0.1, -0.05) is 18.2 Å². The van der Waals surface area contributed by atoms with Gasteiger partial charge in [-0.2, -0.15) is 5.10 Å². The minimum atomic E-state index is -0.191. The smallest absolute Gasteiger partial charge is 0.255 e. The van der Waals surface area contributed by atoms with Crippen LogP contribution in [0, 0.1) is 6.92 Å². The number of para-hydroxylation sites is 2. The van der Waals surface area contributed by atoms with E-state index >= 15 is 0 Å². The second-order valence-corrected chi connectivity index (χ2v) is 7.20. The number of hydrogen-bond donors (Lipinski definition) is 1. The Morgan fingerprint density at radius 1 is 1.24 bits per heavy atom. The van der Waals surface area contributed by atoms with Gasteiger partial charge < -0.3 is 14.8 Å². The maximum atomic E-state index is 12.9. The number of nitrogens with one attached hydrogen (secondary N) is 1. The van der Waals surface area contributed by atoms with E-state index in [4.69, 9.17) is 9.47 Å². The lowest BCUT2D eigenvalue weighted by molar-refractivity contribution is -0.0109. The second-order valence-electron chi connectivity index (χ2n) is 7.20. The molecule has 0 aliphatic carbocycles. The fourth-order valence-electron chi connectivity index (χ4n) is 3.42. The van der Waals surface area contributed by atoms with E-state index < -0.39 is 0 Å². The zero-order valence-electron chi connectivity index (χ0n) is 16.5. The van der Waals surface area contributed by atoms with E-state index in [1.165, 1.54) is 6.42 Å². The van der Waals surface area contributed by atoms with Gasteiger partial charge in [-0.25, -0.2) is 4.68 Å². The van der Waals surface area contributed by atoms with E-state index in [2.05, 4.69) is 10.4 Å². The van der Waals surface area contributed by atoms with E-state index in [0.717, 1.165) is 30.7 Å². The summed E-state index contributed by atoms with van der Waals surface area (Å²) in [7, 11) is 0. The van der Waals surface area contributed by atoms with Gasteiger partial charge >= 0.3 is 0 Å². The number of rotatable bonds is 6. The van der Waals surface area contributed by atoms with Gasteiger partial charge in [0.1, 0.15) is 12.4 Å². The molecule has 1 aliphatic heterocycles. The predicted molar refractivity (Wildman–Crippen MR) is 112 cm³/mol. The van der Waals surface area contributed by atoms with Crippen molar-refractivity contribution in [1.29, 1.82) is 0 Å². The SMILES string of the molecule is Cc1ccc(C(=O)Nc2ccccc2OC[C@@H]2CCCCO2)cc1-n1cccn1. The number of carbonyl (C=O) groups is 1. The minimum absolute atomic E-state index is 0.112. The van der Waals surface area contributed by atoms with E-state index in [9.17, 15) is 4.79 Å². The third-order valence-corrected chi connectivity index (χ3v) is 5.06. The van der Waals surface area contributed by atoms with Crippen molar-refractivity contribution in [3.8, 4) is 11.4 Å². The summed E-state index contributed by atoms with van der Waals surface area (Å²) in [6.45, 7) is 3.27. The Hall–Kier alpha value is -3.12. The van der Waals surface area contributed by atoms with Crippen LogP contribution in [0.15, 0.2) is 60.9 Å². The summed E-state index contributed by atoms with van der Waals surface area (Å²) in [5.41, 5.74) is 3.13. The van der Waals surface area contributed by atoms with Gasteiger partial charge in [-0.15, -0.1) is 0 Å². The topological polar surface area (TPSA) is 65.4 Å². The van der Waals surface area contributed by atoms with Crippen molar-refractivity contribution in [2.75, 3.05) is 18.5 Å². The maximum absolute atomic E-state index is 12.9. The average molecular weight is 391 g/mol. The van der Waals surface area contributed by atoms with Crippen LogP contribution in [0.2, 0.25) is 0 Å². The molecule has 6 heteroatoms. The Morgan fingerprint density at radius 3 is 2.93 bits per heavy atom. The first-order valence-corrected chi connectivity index (χ1v) is 9.96. The lowest BCUT2D eigenvalue weighted by Crippen LogP contribution is -2.26. The van der Waals surface area contributed by atoms with Crippen LogP contribution >= 0.6 is 0 Å². The summed E-state index contributed by atoms with van der Waals surface area (Å²) in [5.74, 6) is 0.456. The van der Waals surface area contributed by atoms with Crippen molar-refractivity contribution < 1.29 is 14.3 Å². The molecule has 2 aromatic carbocycles. The van der Waals surface area contributed by atoms with Crippen LogP contribution in [0.5, 0.6) is 5.75 Å². The molecule has 1 N–H and O–H groups in total. The number of benzene rings is 2. The quantitative estimate of drug-likeness (QED) is 0.677. The number of carbonyl (C=O) groups excluding carboxylic acids is 1. The van der Waals surface area contributed by atoms with E-state index in [-0.39, 0.29) is 12.0 Å². The van der Waals surface area contributed by atoms with Crippen molar-refractivity contribution in [3.05, 3.63) is 72.1 Å². The number of anilines is 1. The average Bonchev–Trinajstić information content (AvgIpc) is 3.29. The summed E-state index contributed by atoms with van der Waals surface area (Å²) in [4.78, 5) is 12.9. The molecule has 29 heavy (non-hydrogen) atoms. The maximum Gasteiger partial charge on any atom is 0.255 e. The number of ether oxygens (including phenoxy) is 2. The van der Waals surface area contributed by atoms with Crippen LogP contribution in [-0.4, -0.2) is 35.0 Å². The van der Waals surface area contributed by atoms with Crippen LogP contribution in [0.25, 0.3) is 5.69 Å². The Morgan fingerprint density at radius 2 is 2.14 bits per heavy atom. The normalized spacial score (nSPS) is 16.4. The van der Waals surface area contributed by atoms with Gasteiger partial charge in [-0.05, 0) is 62.1 Å². The molecule has 2 heterocycles. The van der Waals surface area contributed by atoms with Gasteiger partial charge in [0.25, 0.3) is 5.91 Å². The Kier molecular flexibility index (Phi) is 5.91. The molecule has 0 radical (unpaired) electrons. The van der Waals surface area contributed by atoms with Crippen molar-refractivity contribution in [2.45, 2.75) is 32.3 Å². The van der Waals surface area contributed by atoms with Crippen LogP contribution in [-0.2, 0) is 4.74 Å². The number of amides is 1. The number of aromatic nitrogens is 2. The fraction of sp³-hybridized carbons (Fsp3) is 0.304. The molecule has 1 aromatic heterocycles. The zero-order valence-corrected chi connectivity index (χ0v) is 16.5. The largest absolute Gasteiger partial charge is 0.489 e. The van der Waals surface area contributed by atoms with Crippen LogP contribution in [0.1, 0.15) is 35.2 Å². The molecule has 1 saturated heterocycles. The molecule has 0 spiro atoms. The molecule has 0 saturated carbocycles. The Labute approximate surface area is 170 Å². The molecule has 1 aliphatic rings. The van der Waals surface area contributed by atoms with Crippen LogP contribution in [0.3, 0.4) is 0 Å². The van der Waals surface area contributed by atoms with Gasteiger partial charge in [0, 0.05) is 24.6 Å². The molecule has 3 aromatic rings. The molecule has 150 valence electrons. The van der Waals surface area contributed by atoms with Gasteiger partial charge in [0.2, 0.25) is 0 Å². The second kappa shape index (κ2) is 8.92. The fourth-order valence-corrected chi connectivity index (χ4v) is 3.42. The third kappa shape index (κ3) is 4.66. The lowest BCUT2D eigenvalue weighted by atomic mass is 10.1. The number of aryl methyl sites for hydroxylation is 1. The standard InChI is InChI=1S/C23H25N3O3/c1-17-10-11-18(15-21(17)26-13-6-12-24-26)23(27)25-20-8-2-3-9-22(20)29-16-19-7-4-5-14-28-19/h2-3,6,8-13,15,19H,4-5,7,14,16H2,1H3,(H,25,27)/t19-/m0/s1. The monoisotopic (exact) mass is 391 g/mol. The van der Waals surface area contributed by atoms with Crippen molar-refractivity contribution in [2.24, 2.45) is 0 Å². The molecule has 0 bridgehead atoms. The Bertz CT molecular complexity index is 963. The summed E-state index contributed by atoms with van der Waals surface area (Å²) < 4.78 is 13.4. The van der Waals surface area contributed by atoms with Crippen LogP contribution in [0.4, 0.5) is 5.69 Å². The molecule has 1 atom stereocenters. The summed E-state index contributed by atoms with van der Waals surface area (Å²) in [5, 5.41) is 7.24. The van der Waals surface area contributed by atoms with Crippen LogP contribution < -0.4 is 10.1 Å². The Balaban J connectivity index is 1.48. The molecule has 4 rings (SSSR count). The van der Waals surface area contributed by atoms with Crippen molar-refractivity contribution in [1.82, 2.24) is 9.78 Å². The summed E-state index contributed by atoms with van der Waals surface area (Å²) >= 11 is 0. The highest BCUT2D eigenvalue weighted by Crippen LogP contribution is 2.26. The summed E-state index contributed by atoms with van der Waals surface area (Å²) in [6, 6.07) is 14.9. The first kappa shape index (κ1) is 19.2. The number of hydrogen-bond acceptors (Lipinski definition) is 4. The highest BCUT2D eigenvalue weighted by molar-refractivity contribution is 6.05. The zero-order chi connectivity index (χ0) is 20.1. The highest BCUT2D eigenvalue weighted by atomic mass is 16.5. The van der Waals surface area contributed by atoms with E-state index in [1.54, 1.807) is 10.9 Å². The molecular formula is C23H25N3O3. The van der Waals surface area contributed by atoms with Gasteiger partial charge in [0.15, 0.2) is 0 Å². The number of nitrogens with zero attached hydrogens (tertiary/aromatic N) is 2. The first-order valence-electron chi connectivity index (χ1n) is 9.96. The molecule has 6 nitrogen and oxygen atoms in total. The van der Waals surface area contributed by atoms with E-state index in [1.807, 2.05) is 61.7 Å². The molecule has 1 amide bonds. The van der Waals surface area contributed by atoms with Gasteiger partial charge in [0.05, 0.1) is 17.5 Å². The third-order valence-electron chi connectivity index (χ3n) is 5.06. The highest BCUT2D eigenvalue weighted by Gasteiger charge is 2.16. The minimum Gasteiger partial charge on any atom is -0.489 e. The molecule has 1 fully saturated rings. The summed E-state index contributed by atoms with van der Waals surface area (Å²) in [6.07, 6.45) is 6.98. The first-order chi connectivity index (χ1) is 14.2. The van der Waals surface area contributed by atoms with Crippen molar-refractivity contribution in [3.63, 3.8) is 0 Å². The predicted octanol–water partition coefficient (Wildman–Crippen LogP) is 4.38.